The molecule has 3 aliphatic rings. The van der Waals surface area contributed by atoms with Gasteiger partial charge in [0, 0.05) is 35.0 Å². The van der Waals surface area contributed by atoms with Gasteiger partial charge >= 0.3 is 0 Å². The summed E-state index contributed by atoms with van der Waals surface area (Å²) in [6.45, 7) is 16.0. The molecule has 0 saturated heterocycles. The minimum Gasteiger partial charge on any atom is -0.283 e. The van der Waals surface area contributed by atoms with Crippen LogP contribution in [0.3, 0.4) is 0 Å². The Labute approximate surface area is 344 Å². The second-order valence-electron chi connectivity index (χ2n) is 16.3. The second-order valence-corrected chi connectivity index (χ2v) is 16.3. The van der Waals surface area contributed by atoms with Gasteiger partial charge in [-0.1, -0.05) is 137 Å². The van der Waals surface area contributed by atoms with Gasteiger partial charge in [0.25, 0.3) is 0 Å². The van der Waals surface area contributed by atoms with Crippen LogP contribution in [0.5, 0.6) is 0 Å². The number of fused-ring (bicyclic) bond motifs is 6. The first-order valence-corrected chi connectivity index (χ1v) is 21.6. The summed E-state index contributed by atoms with van der Waals surface area (Å²) in [5.74, 6) is 0.980. The fourth-order valence-electron chi connectivity index (χ4n) is 10.3. The average molecular weight is 758 g/mol. The van der Waals surface area contributed by atoms with Gasteiger partial charge in [0.15, 0.2) is 0 Å². The van der Waals surface area contributed by atoms with E-state index in [1.165, 1.54) is 88.5 Å². The largest absolute Gasteiger partial charge is 0.283 e. The zero-order chi connectivity index (χ0) is 40.1. The van der Waals surface area contributed by atoms with Crippen LogP contribution in [-0.2, 0) is 7.05 Å². The summed E-state index contributed by atoms with van der Waals surface area (Å²) in [5, 5.41) is 4.98. The summed E-state index contributed by atoms with van der Waals surface area (Å²) in [5.41, 5.74) is 17.8. The first-order chi connectivity index (χ1) is 28.4. The molecule has 3 heteroatoms. The number of nitrogens with zero attached hydrogens (tertiary/aromatic N) is 3. The van der Waals surface area contributed by atoms with Crippen LogP contribution < -0.4 is 5.22 Å². The fraction of sp³-hybridized carbons (Fsp3) is 0.255. The molecule has 3 aromatic heterocycles. The van der Waals surface area contributed by atoms with E-state index in [0.717, 1.165) is 43.0 Å². The van der Waals surface area contributed by atoms with Crippen molar-refractivity contribution in [2.24, 2.45) is 7.05 Å². The maximum Gasteiger partial charge on any atom is 0.0899 e. The van der Waals surface area contributed by atoms with Gasteiger partial charge in [-0.05, 0) is 130 Å². The zero-order valence-corrected chi connectivity index (χ0v) is 35.0. The van der Waals surface area contributed by atoms with Crippen molar-refractivity contribution in [1.82, 2.24) is 14.2 Å². The highest BCUT2D eigenvalue weighted by molar-refractivity contribution is 6.17. The number of aryl methyl sites for hydroxylation is 1. The Morgan fingerprint density at radius 2 is 1.55 bits per heavy atom. The predicted octanol–water partition coefficient (Wildman–Crippen LogP) is 14.5. The molecular formula is C55H55N3. The number of allylic oxidation sites excluding steroid dienone is 6. The zero-order valence-electron chi connectivity index (χ0n) is 35.0. The third-order valence-corrected chi connectivity index (χ3v) is 12.9. The van der Waals surface area contributed by atoms with Crippen molar-refractivity contribution in [3.63, 3.8) is 0 Å². The van der Waals surface area contributed by atoms with Gasteiger partial charge < -0.3 is 0 Å². The number of hydrogen-bond acceptors (Lipinski definition) is 1. The van der Waals surface area contributed by atoms with Gasteiger partial charge in [0.1, 0.15) is 0 Å². The molecule has 0 amide bonds. The van der Waals surface area contributed by atoms with Crippen LogP contribution in [0.1, 0.15) is 113 Å². The number of pyridine rings is 1. The molecule has 0 fully saturated rings. The topological polar surface area (TPSA) is 22.2 Å². The molecule has 0 N–H and O–H groups in total. The molecule has 3 atom stereocenters. The summed E-state index contributed by atoms with van der Waals surface area (Å²) in [6, 6.07) is 31.9. The maximum atomic E-state index is 5.16. The monoisotopic (exact) mass is 757 g/mol. The van der Waals surface area contributed by atoms with Crippen LogP contribution in [0.15, 0.2) is 127 Å². The summed E-state index contributed by atoms with van der Waals surface area (Å²) in [7, 11) is 2.25. The molecule has 0 bridgehead atoms. The normalized spacial score (nSPS) is 18.0. The standard InChI is InChI=1S/C53H49N3.C2H6/c1-6-17-39-24-25-46-51(39)52-45-31-41(30-42-34(4)49-35(7-2)26-33(3)27-47(49)55(5)56(53(42)45)48(52)32-54-46)50-43(37-20-13-9-14-21-37)28-40(36-18-11-8-12-19-36)29-44(50)38-22-15-10-16-23-38;1-2/h8-16,18-22,24-25,27-32,35,38-39H,4,6-7,17,23,26H2,1-3,5H3;1-2H3. The molecular weight excluding hydrogens is 703 g/mol. The van der Waals surface area contributed by atoms with Gasteiger partial charge in [0.05, 0.1) is 28.6 Å². The Balaban J connectivity index is 0.00000215. The van der Waals surface area contributed by atoms with Crippen molar-refractivity contribution in [2.75, 3.05) is 0 Å². The fourth-order valence-corrected chi connectivity index (χ4v) is 10.3. The first-order valence-electron chi connectivity index (χ1n) is 21.6. The molecule has 290 valence electrons. The van der Waals surface area contributed by atoms with Crippen molar-refractivity contribution >= 4 is 45.9 Å². The lowest BCUT2D eigenvalue weighted by Crippen LogP contribution is -2.19. The third-order valence-electron chi connectivity index (χ3n) is 12.9. The van der Waals surface area contributed by atoms with E-state index in [0.29, 0.717) is 11.8 Å². The number of benzene rings is 4. The van der Waals surface area contributed by atoms with Gasteiger partial charge in [-0.2, -0.15) is 0 Å². The van der Waals surface area contributed by atoms with Crippen LogP contribution in [0.2, 0.25) is 0 Å². The second kappa shape index (κ2) is 15.4. The van der Waals surface area contributed by atoms with Crippen LogP contribution in [-0.4, -0.2) is 14.2 Å². The highest BCUT2D eigenvalue weighted by atomic mass is 15.3. The first kappa shape index (κ1) is 37.6. The molecule has 58 heavy (non-hydrogen) atoms. The van der Waals surface area contributed by atoms with Crippen molar-refractivity contribution in [2.45, 2.75) is 84.5 Å². The van der Waals surface area contributed by atoms with Crippen molar-refractivity contribution < 1.29 is 0 Å². The van der Waals surface area contributed by atoms with E-state index in [1.807, 2.05) is 13.8 Å². The van der Waals surface area contributed by atoms with E-state index in [9.17, 15) is 0 Å². The Kier molecular flexibility index (Phi) is 10.0. The molecule has 7 aromatic rings. The van der Waals surface area contributed by atoms with Gasteiger partial charge in [-0.25, -0.2) is 0 Å². The van der Waals surface area contributed by atoms with E-state index < -0.39 is 0 Å². The molecule has 3 heterocycles. The summed E-state index contributed by atoms with van der Waals surface area (Å²) >= 11 is 0. The van der Waals surface area contributed by atoms with Gasteiger partial charge in [-0.3, -0.25) is 14.2 Å². The minimum atomic E-state index is 0.239. The SMILES string of the molecule is C=c1c2c(n(C)n3c4cnc5c(c4c4cc(-c6c(-c7ccccc7)cc(-c7ccccc7)cc6C6C=CC=CC6)cc1c43)C(CCC)C=C5)C=C(C)CC2CC.CC. The van der Waals surface area contributed by atoms with Crippen molar-refractivity contribution in [3.8, 4) is 33.4 Å². The highest BCUT2D eigenvalue weighted by Gasteiger charge is 2.30. The number of aromatic nitrogens is 3. The van der Waals surface area contributed by atoms with Crippen LogP contribution in [0.4, 0.5) is 0 Å². The van der Waals surface area contributed by atoms with E-state index in [1.54, 1.807) is 0 Å². The molecule has 3 nitrogen and oxygen atoms in total. The molecule has 0 aliphatic heterocycles. The molecule has 0 saturated carbocycles. The third kappa shape index (κ3) is 6.06. The lowest BCUT2D eigenvalue weighted by molar-refractivity contribution is 0.618. The van der Waals surface area contributed by atoms with E-state index in [4.69, 9.17) is 11.6 Å². The predicted molar refractivity (Wildman–Crippen MR) is 250 cm³/mol. The molecule has 0 radical (unpaired) electrons. The Bertz CT molecular complexity index is 2890. The van der Waals surface area contributed by atoms with Crippen molar-refractivity contribution in [1.29, 1.82) is 0 Å². The lowest BCUT2D eigenvalue weighted by Gasteiger charge is -2.24. The molecule has 4 aromatic carbocycles. The highest BCUT2D eigenvalue weighted by Crippen LogP contribution is 2.48. The van der Waals surface area contributed by atoms with E-state index in [-0.39, 0.29) is 5.92 Å². The minimum absolute atomic E-state index is 0.239. The van der Waals surface area contributed by atoms with E-state index in [2.05, 4.69) is 171 Å². The smallest absolute Gasteiger partial charge is 0.0899 e. The number of rotatable bonds is 7. The van der Waals surface area contributed by atoms with Crippen LogP contribution in [0.25, 0.3) is 79.3 Å². The van der Waals surface area contributed by atoms with Crippen LogP contribution >= 0.6 is 0 Å². The molecule has 0 spiro atoms. The molecule has 3 aliphatic carbocycles. The number of hydrogen-bond donors (Lipinski definition) is 0. The van der Waals surface area contributed by atoms with Gasteiger partial charge in [0.2, 0.25) is 0 Å². The Morgan fingerprint density at radius 1 is 0.810 bits per heavy atom. The summed E-state index contributed by atoms with van der Waals surface area (Å²) in [4.78, 5) is 5.16. The van der Waals surface area contributed by atoms with Crippen molar-refractivity contribution in [3.05, 3.63) is 160 Å². The quantitative estimate of drug-likeness (QED) is 0.159. The maximum absolute atomic E-state index is 5.16. The molecule has 3 unspecified atom stereocenters. The summed E-state index contributed by atoms with van der Waals surface area (Å²) in [6.07, 6.45) is 23.6. The van der Waals surface area contributed by atoms with E-state index >= 15 is 0 Å². The van der Waals surface area contributed by atoms with Gasteiger partial charge in [-0.15, -0.1) is 0 Å². The lowest BCUT2D eigenvalue weighted by atomic mass is 9.79. The molecule has 10 rings (SSSR count). The summed E-state index contributed by atoms with van der Waals surface area (Å²) < 4.78 is 4.88. The average Bonchev–Trinajstić information content (AvgIpc) is 3.82. The van der Waals surface area contributed by atoms with Crippen LogP contribution in [0, 0.1) is 0 Å². The Morgan fingerprint density at radius 3 is 2.26 bits per heavy atom. The Hall–Kier alpha value is -5.93.